The van der Waals surface area contributed by atoms with Crippen molar-refractivity contribution < 1.29 is 0 Å². The lowest BCUT2D eigenvalue weighted by Gasteiger charge is -2.25. The van der Waals surface area contributed by atoms with Gasteiger partial charge in [-0.25, -0.2) is 0 Å². The van der Waals surface area contributed by atoms with Crippen LogP contribution in [0.2, 0.25) is 0 Å². The summed E-state index contributed by atoms with van der Waals surface area (Å²) in [7, 11) is 0. The van der Waals surface area contributed by atoms with Crippen LogP contribution < -0.4 is 5.73 Å². The Hall–Kier alpha value is -0.900. The first kappa shape index (κ1) is 8.20. The molecule has 0 aromatic heterocycles. The van der Waals surface area contributed by atoms with Crippen molar-refractivity contribution in [1.29, 1.82) is 0 Å². The SMILES string of the molecule is NCN([O-])Cc1ccccc1. The van der Waals surface area contributed by atoms with Gasteiger partial charge in [0.1, 0.15) is 0 Å². The molecule has 1 aromatic rings. The monoisotopic (exact) mass is 151 g/mol. The Balaban J connectivity index is 2.51. The highest BCUT2D eigenvalue weighted by molar-refractivity contribution is 5.14. The topological polar surface area (TPSA) is 52.3 Å². The molecule has 11 heavy (non-hydrogen) atoms. The summed E-state index contributed by atoms with van der Waals surface area (Å²) in [6.07, 6.45) is 0. The molecule has 0 bridgehead atoms. The first-order valence-electron chi connectivity index (χ1n) is 3.49. The number of benzene rings is 1. The maximum Gasteiger partial charge on any atom is 0.0341 e. The first-order valence-corrected chi connectivity index (χ1v) is 3.49. The Morgan fingerprint density at radius 1 is 1.27 bits per heavy atom. The predicted molar refractivity (Wildman–Crippen MR) is 44.4 cm³/mol. The summed E-state index contributed by atoms with van der Waals surface area (Å²) in [4.78, 5) is 0. The van der Waals surface area contributed by atoms with Crippen LogP contribution in [-0.2, 0) is 6.54 Å². The third kappa shape index (κ3) is 2.67. The minimum atomic E-state index is 0.0505. The fourth-order valence-corrected chi connectivity index (χ4v) is 0.852. The van der Waals surface area contributed by atoms with E-state index in [-0.39, 0.29) is 6.67 Å². The molecule has 0 radical (unpaired) electrons. The molecule has 1 aromatic carbocycles. The molecule has 0 aliphatic rings. The Bertz CT molecular complexity index is 201. The summed E-state index contributed by atoms with van der Waals surface area (Å²) in [6, 6.07) is 9.53. The van der Waals surface area contributed by atoms with Crippen molar-refractivity contribution in [3.8, 4) is 0 Å². The van der Waals surface area contributed by atoms with Crippen LogP contribution in [0.15, 0.2) is 30.3 Å². The molecule has 0 atom stereocenters. The standard InChI is InChI=1S/C8H11N2O/c9-7-10(11)6-8-4-2-1-3-5-8/h1-5H,6-7,9H2/q-1. The van der Waals surface area contributed by atoms with Gasteiger partial charge in [0.05, 0.1) is 0 Å². The molecule has 0 spiro atoms. The van der Waals surface area contributed by atoms with Crippen molar-refractivity contribution in [2.45, 2.75) is 6.54 Å². The Labute approximate surface area is 66.0 Å². The van der Waals surface area contributed by atoms with E-state index >= 15 is 0 Å². The molecule has 1 rings (SSSR count). The molecule has 0 aliphatic heterocycles. The van der Waals surface area contributed by atoms with Gasteiger partial charge >= 0.3 is 0 Å². The Morgan fingerprint density at radius 2 is 1.91 bits per heavy atom. The van der Waals surface area contributed by atoms with Crippen LogP contribution in [-0.4, -0.2) is 11.7 Å². The zero-order valence-corrected chi connectivity index (χ0v) is 6.23. The van der Waals surface area contributed by atoms with Crippen LogP contribution in [0.1, 0.15) is 5.56 Å². The van der Waals surface area contributed by atoms with Crippen LogP contribution in [0.5, 0.6) is 0 Å². The molecule has 0 aliphatic carbocycles. The maximum absolute atomic E-state index is 10.8. The van der Waals surface area contributed by atoms with E-state index in [9.17, 15) is 5.21 Å². The molecule has 0 heterocycles. The van der Waals surface area contributed by atoms with Gasteiger partial charge in [0, 0.05) is 13.2 Å². The van der Waals surface area contributed by atoms with E-state index in [4.69, 9.17) is 5.73 Å². The minimum absolute atomic E-state index is 0.0505. The molecule has 0 saturated carbocycles. The third-order valence-electron chi connectivity index (χ3n) is 1.41. The van der Waals surface area contributed by atoms with E-state index < -0.39 is 0 Å². The quantitative estimate of drug-likeness (QED) is 0.516. The molecule has 0 fully saturated rings. The zero-order valence-electron chi connectivity index (χ0n) is 6.23. The van der Waals surface area contributed by atoms with E-state index in [2.05, 4.69) is 0 Å². The summed E-state index contributed by atoms with van der Waals surface area (Å²) in [6.45, 7) is 0.423. The number of nitrogens with two attached hydrogens (primary N) is 1. The van der Waals surface area contributed by atoms with Crippen molar-refractivity contribution in [2.75, 3.05) is 6.67 Å². The fraction of sp³-hybridized carbons (Fsp3) is 0.250. The molecular formula is C8H11N2O-. The van der Waals surface area contributed by atoms with Gasteiger partial charge in [-0.1, -0.05) is 30.3 Å². The summed E-state index contributed by atoms with van der Waals surface area (Å²) in [5.74, 6) is 0. The van der Waals surface area contributed by atoms with Crippen LogP contribution in [0.25, 0.3) is 0 Å². The Morgan fingerprint density at radius 3 is 2.45 bits per heavy atom. The number of hydroxylamine groups is 2. The van der Waals surface area contributed by atoms with E-state index in [0.717, 1.165) is 10.6 Å². The lowest BCUT2D eigenvalue weighted by Crippen LogP contribution is -2.23. The van der Waals surface area contributed by atoms with E-state index in [1.807, 2.05) is 30.3 Å². The normalized spacial score (nSPS) is 10.5. The highest BCUT2D eigenvalue weighted by atomic mass is 16.5. The summed E-state index contributed by atoms with van der Waals surface area (Å²) < 4.78 is 0. The second kappa shape index (κ2) is 4.08. The van der Waals surface area contributed by atoms with Crippen LogP contribution in [0.3, 0.4) is 0 Å². The van der Waals surface area contributed by atoms with Crippen molar-refractivity contribution >= 4 is 0 Å². The average Bonchev–Trinajstić information content (AvgIpc) is 2.06. The van der Waals surface area contributed by atoms with Crippen LogP contribution >= 0.6 is 0 Å². The molecule has 60 valence electrons. The van der Waals surface area contributed by atoms with Gasteiger partial charge in [-0.05, 0) is 5.56 Å². The van der Waals surface area contributed by atoms with Gasteiger partial charge < -0.3 is 16.0 Å². The number of nitrogens with zero attached hydrogens (tertiary/aromatic N) is 1. The van der Waals surface area contributed by atoms with Crippen molar-refractivity contribution in [3.05, 3.63) is 41.1 Å². The molecule has 2 N–H and O–H groups in total. The van der Waals surface area contributed by atoms with E-state index in [1.165, 1.54) is 0 Å². The maximum atomic E-state index is 10.8. The fourth-order valence-electron chi connectivity index (χ4n) is 0.852. The molecule has 0 amide bonds. The van der Waals surface area contributed by atoms with E-state index in [1.54, 1.807) is 0 Å². The lowest BCUT2D eigenvalue weighted by atomic mass is 10.2. The number of rotatable bonds is 3. The van der Waals surface area contributed by atoms with Gasteiger partial charge in [-0.15, -0.1) is 0 Å². The molecular weight excluding hydrogens is 140 g/mol. The zero-order chi connectivity index (χ0) is 8.10. The second-order valence-corrected chi connectivity index (χ2v) is 2.31. The highest BCUT2D eigenvalue weighted by Crippen LogP contribution is 2.00. The third-order valence-corrected chi connectivity index (χ3v) is 1.41. The molecule has 3 nitrogen and oxygen atoms in total. The summed E-state index contributed by atoms with van der Waals surface area (Å²) in [5.41, 5.74) is 6.13. The largest absolute Gasteiger partial charge is 0.784 e. The van der Waals surface area contributed by atoms with Crippen LogP contribution in [0.4, 0.5) is 0 Å². The molecule has 3 heteroatoms. The summed E-state index contributed by atoms with van der Waals surface area (Å²) in [5, 5.41) is 11.6. The van der Waals surface area contributed by atoms with Gasteiger partial charge in [0.2, 0.25) is 0 Å². The minimum Gasteiger partial charge on any atom is -0.784 e. The average molecular weight is 151 g/mol. The van der Waals surface area contributed by atoms with E-state index in [0.29, 0.717) is 6.54 Å². The number of hydrogen-bond acceptors (Lipinski definition) is 3. The van der Waals surface area contributed by atoms with Crippen molar-refractivity contribution in [2.24, 2.45) is 5.73 Å². The van der Waals surface area contributed by atoms with Gasteiger partial charge in [-0.3, -0.25) is 0 Å². The molecule has 0 unspecified atom stereocenters. The number of hydrogen-bond donors (Lipinski definition) is 1. The predicted octanol–water partition coefficient (Wildman–Crippen LogP) is 0.903. The van der Waals surface area contributed by atoms with Gasteiger partial charge in [0.15, 0.2) is 0 Å². The van der Waals surface area contributed by atoms with Crippen molar-refractivity contribution in [3.63, 3.8) is 0 Å². The lowest BCUT2D eigenvalue weighted by molar-refractivity contribution is 0.382. The second-order valence-electron chi connectivity index (χ2n) is 2.31. The Kier molecular flexibility index (Phi) is 3.04. The van der Waals surface area contributed by atoms with Crippen molar-refractivity contribution in [1.82, 2.24) is 5.06 Å². The smallest absolute Gasteiger partial charge is 0.0341 e. The highest BCUT2D eigenvalue weighted by Gasteiger charge is 1.89. The van der Waals surface area contributed by atoms with Crippen LogP contribution in [0, 0.1) is 5.21 Å². The first-order chi connectivity index (χ1) is 5.33. The summed E-state index contributed by atoms with van der Waals surface area (Å²) >= 11 is 0. The van der Waals surface area contributed by atoms with Gasteiger partial charge in [-0.2, -0.15) is 0 Å². The molecule has 0 saturated heterocycles. The van der Waals surface area contributed by atoms with Gasteiger partial charge in [0.25, 0.3) is 0 Å².